The van der Waals surface area contributed by atoms with Crippen molar-refractivity contribution in [3.05, 3.63) is 24.3 Å². The second kappa shape index (κ2) is 7.00. The number of methoxy groups -OCH3 is 1. The molecule has 0 aliphatic carbocycles. The van der Waals surface area contributed by atoms with Crippen molar-refractivity contribution >= 4 is 11.8 Å². The maximum Gasteiger partial charge on any atom is 0.409 e. The number of nitrogens with zero attached hydrogens (tertiary/aromatic N) is 2. The minimum Gasteiger partial charge on any atom is -0.497 e. The fourth-order valence-corrected chi connectivity index (χ4v) is 2.18. The van der Waals surface area contributed by atoms with Gasteiger partial charge in [0.15, 0.2) is 0 Å². The minimum absolute atomic E-state index is 0.0505. The van der Waals surface area contributed by atoms with Crippen LogP contribution in [-0.4, -0.2) is 62.6 Å². The number of aliphatic hydroxyl groups excluding tert-OH is 1. The molecule has 1 amide bonds. The zero-order chi connectivity index (χ0) is 14.4. The van der Waals surface area contributed by atoms with Crippen LogP contribution in [0.2, 0.25) is 0 Å². The predicted octanol–water partition coefficient (Wildman–Crippen LogP) is 0.946. The van der Waals surface area contributed by atoms with Crippen molar-refractivity contribution in [3.63, 3.8) is 0 Å². The number of carbonyl (C=O) groups is 1. The summed E-state index contributed by atoms with van der Waals surface area (Å²) >= 11 is 0. The number of hydrogen-bond acceptors (Lipinski definition) is 5. The number of anilines is 1. The molecular weight excluding hydrogens is 260 g/mol. The Bertz CT molecular complexity index is 445. The van der Waals surface area contributed by atoms with Crippen LogP contribution in [0, 0.1) is 0 Å². The van der Waals surface area contributed by atoms with Crippen LogP contribution in [0.1, 0.15) is 0 Å². The maximum atomic E-state index is 11.7. The molecule has 6 nitrogen and oxygen atoms in total. The highest BCUT2D eigenvalue weighted by Crippen LogP contribution is 2.22. The van der Waals surface area contributed by atoms with E-state index in [1.165, 1.54) is 0 Å². The van der Waals surface area contributed by atoms with E-state index >= 15 is 0 Å². The van der Waals surface area contributed by atoms with Crippen molar-refractivity contribution in [3.8, 4) is 5.75 Å². The van der Waals surface area contributed by atoms with Crippen molar-refractivity contribution in [2.75, 3.05) is 51.4 Å². The van der Waals surface area contributed by atoms with Crippen molar-refractivity contribution in [2.45, 2.75) is 0 Å². The van der Waals surface area contributed by atoms with E-state index in [-0.39, 0.29) is 19.3 Å². The molecule has 0 aromatic heterocycles. The van der Waals surface area contributed by atoms with Crippen LogP contribution >= 0.6 is 0 Å². The average molecular weight is 280 g/mol. The number of amides is 1. The van der Waals surface area contributed by atoms with E-state index in [1.807, 2.05) is 24.3 Å². The number of ether oxygens (including phenoxy) is 2. The van der Waals surface area contributed by atoms with Crippen LogP contribution < -0.4 is 9.64 Å². The first-order valence-corrected chi connectivity index (χ1v) is 6.66. The topological polar surface area (TPSA) is 62.2 Å². The lowest BCUT2D eigenvalue weighted by Crippen LogP contribution is -2.49. The SMILES string of the molecule is COc1cccc(N2CCN(C(=O)OCCO)CC2)c1. The van der Waals surface area contributed by atoms with Crippen LogP contribution in [-0.2, 0) is 4.74 Å². The quantitative estimate of drug-likeness (QED) is 0.889. The fourth-order valence-electron chi connectivity index (χ4n) is 2.18. The van der Waals surface area contributed by atoms with Gasteiger partial charge < -0.3 is 24.4 Å². The molecule has 1 aliphatic heterocycles. The number of piperazine rings is 1. The lowest BCUT2D eigenvalue weighted by molar-refractivity contribution is 0.0825. The first-order chi connectivity index (χ1) is 9.74. The molecular formula is C14H20N2O4. The van der Waals surface area contributed by atoms with Gasteiger partial charge in [0.25, 0.3) is 0 Å². The van der Waals surface area contributed by atoms with Gasteiger partial charge in [0.1, 0.15) is 12.4 Å². The Labute approximate surface area is 118 Å². The van der Waals surface area contributed by atoms with Gasteiger partial charge in [-0.2, -0.15) is 0 Å². The Balaban J connectivity index is 1.88. The van der Waals surface area contributed by atoms with Gasteiger partial charge in [-0.1, -0.05) is 6.07 Å². The third-order valence-corrected chi connectivity index (χ3v) is 3.27. The van der Waals surface area contributed by atoms with E-state index in [4.69, 9.17) is 14.6 Å². The molecule has 1 aliphatic rings. The highest BCUT2D eigenvalue weighted by Gasteiger charge is 2.22. The Morgan fingerprint density at radius 3 is 2.70 bits per heavy atom. The molecule has 0 saturated carbocycles. The molecule has 2 rings (SSSR count). The summed E-state index contributed by atoms with van der Waals surface area (Å²) in [6.07, 6.45) is -0.357. The molecule has 6 heteroatoms. The number of carbonyl (C=O) groups excluding carboxylic acids is 1. The van der Waals surface area contributed by atoms with E-state index in [0.29, 0.717) is 13.1 Å². The largest absolute Gasteiger partial charge is 0.497 e. The molecule has 1 fully saturated rings. The summed E-state index contributed by atoms with van der Waals surface area (Å²) in [4.78, 5) is 15.5. The van der Waals surface area contributed by atoms with Gasteiger partial charge in [0.05, 0.1) is 13.7 Å². The van der Waals surface area contributed by atoms with Crippen LogP contribution in [0.15, 0.2) is 24.3 Å². The Morgan fingerprint density at radius 2 is 2.05 bits per heavy atom. The van der Waals surface area contributed by atoms with Gasteiger partial charge in [-0.3, -0.25) is 0 Å². The van der Waals surface area contributed by atoms with Gasteiger partial charge in [-0.05, 0) is 12.1 Å². The monoisotopic (exact) mass is 280 g/mol. The summed E-state index contributed by atoms with van der Waals surface area (Å²) in [5, 5.41) is 8.64. The van der Waals surface area contributed by atoms with Crippen molar-refractivity contribution in [2.24, 2.45) is 0 Å². The molecule has 0 radical (unpaired) electrons. The number of aliphatic hydroxyl groups is 1. The van der Waals surface area contributed by atoms with Crippen LogP contribution in [0.5, 0.6) is 5.75 Å². The third-order valence-electron chi connectivity index (χ3n) is 3.27. The summed E-state index contributed by atoms with van der Waals surface area (Å²) in [5.74, 6) is 0.826. The van der Waals surface area contributed by atoms with E-state index in [1.54, 1.807) is 12.0 Å². The van der Waals surface area contributed by atoms with Gasteiger partial charge in [-0.25, -0.2) is 4.79 Å². The van der Waals surface area contributed by atoms with E-state index < -0.39 is 0 Å². The van der Waals surface area contributed by atoms with Gasteiger partial charge in [0, 0.05) is 37.9 Å². The number of benzene rings is 1. The Morgan fingerprint density at radius 1 is 1.30 bits per heavy atom. The highest BCUT2D eigenvalue weighted by atomic mass is 16.6. The minimum atomic E-state index is -0.357. The van der Waals surface area contributed by atoms with Gasteiger partial charge in [0.2, 0.25) is 0 Å². The molecule has 110 valence electrons. The summed E-state index contributed by atoms with van der Waals surface area (Å²) in [5.41, 5.74) is 1.09. The maximum absolute atomic E-state index is 11.7. The first kappa shape index (κ1) is 14.5. The van der Waals surface area contributed by atoms with E-state index in [9.17, 15) is 4.79 Å². The van der Waals surface area contributed by atoms with Gasteiger partial charge >= 0.3 is 6.09 Å². The number of rotatable bonds is 4. The normalized spacial score (nSPS) is 15.1. The number of hydrogen-bond donors (Lipinski definition) is 1. The lowest BCUT2D eigenvalue weighted by atomic mass is 10.2. The summed E-state index contributed by atoms with van der Waals surface area (Å²) < 4.78 is 10.1. The third kappa shape index (κ3) is 3.54. The molecule has 1 aromatic carbocycles. The Kier molecular flexibility index (Phi) is 5.06. The molecule has 0 spiro atoms. The molecule has 0 atom stereocenters. The summed E-state index contributed by atoms with van der Waals surface area (Å²) in [6.45, 7) is 2.64. The fraction of sp³-hybridized carbons (Fsp3) is 0.500. The second-order valence-electron chi connectivity index (χ2n) is 4.51. The molecule has 1 N–H and O–H groups in total. The zero-order valence-corrected chi connectivity index (χ0v) is 11.6. The Hall–Kier alpha value is -1.95. The molecule has 1 saturated heterocycles. The van der Waals surface area contributed by atoms with E-state index in [2.05, 4.69) is 4.90 Å². The molecule has 1 aromatic rings. The zero-order valence-electron chi connectivity index (χ0n) is 11.6. The first-order valence-electron chi connectivity index (χ1n) is 6.66. The smallest absolute Gasteiger partial charge is 0.409 e. The molecule has 20 heavy (non-hydrogen) atoms. The summed E-state index contributed by atoms with van der Waals surface area (Å²) in [7, 11) is 1.65. The van der Waals surface area contributed by atoms with Crippen molar-refractivity contribution in [1.82, 2.24) is 4.90 Å². The summed E-state index contributed by atoms with van der Waals surface area (Å²) in [6, 6.07) is 7.88. The second-order valence-corrected chi connectivity index (χ2v) is 4.51. The van der Waals surface area contributed by atoms with Crippen LogP contribution in [0.3, 0.4) is 0 Å². The van der Waals surface area contributed by atoms with Crippen LogP contribution in [0.4, 0.5) is 10.5 Å². The average Bonchev–Trinajstić information content (AvgIpc) is 2.52. The van der Waals surface area contributed by atoms with Crippen LogP contribution in [0.25, 0.3) is 0 Å². The van der Waals surface area contributed by atoms with E-state index in [0.717, 1.165) is 24.5 Å². The molecule has 1 heterocycles. The standard InChI is InChI=1S/C14H20N2O4/c1-19-13-4-2-3-12(11-13)15-5-7-16(8-6-15)14(18)20-10-9-17/h2-4,11,17H,5-10H2,1H3. The molecule has 0 unspecified atom stereocenters. The predicted molar refractivity (Wildman–Crippen MR) is 75.2 cm³/mol. The highest BCUT2D eigenvalue weighted by molar-refractivity contribution is 5.68. The van der Waals surface area contributed by atoms with Gasteiger partial charge in [-0.15, -0.1) is 0 Å². The molecule has 0 bridgehead atoms. The lowest BCUT2D eigenvalue weighted by Gasteiger charge is -2.35. The van der Waals surface area contributed by atoms with Crippen molar-refractivity contribution < 1.29 is 19.4 Å². The van der Waals surface area contributed by atoms with Crippen molar-refractivity contribution in [1.29, 1.82) is 0 Å².